The van der Waals surface area contributed by atoms with Crippen molar-refractivity contribution in [3.05, 3.63) is 43.4 Å². The standard InChI is InChI=1S/C13H11ClFN3O5/c1-3-23-11-16-12(20)18(13(21)17-11)7-4-8(22-2)9(14)6(5-19)10(7)15/h4,10H,3H2,1-2H3,(H,16,17,20,21). The molecule has 1 unspecified atom stereocenters. The van der Waals surface area contributed by atoms with Crippen LogP contribution in [0.1, 0.15) is 6.92 Å². The first-order valence-electron chi connectivity index (χ1n) is 6.35. The van der Waals surface area contributed by atoms with Crippen molar-refractivity contribution in [3.63, 3.8) is 0 Å². The van der Waals surface area contributed by atoms with Gasteiger partial charge in [-0.1, -0.05) is 11.6 Å². The Morgan fingerprint density at radius 1 is 1.52 bits per heavy atom. The van der Waals surface area contributed by atoms with Crippen molar-refractivity contribution in [1.82, 2.24) is 14.5 Å². The van der Waals surface area contributed by atoms with Gasteiger partial charge in [0.15, 0.2) is 6.17 Å². The highest BCUT2D eigenvalue weighted by Gasteiger charge is 2.32. The van der Waals surface area contributed by atoms with Crippen molar-refractivity contribution in [2.75, 3.05) is 13.7 Å². The van der Waals surface area contributed by atoms with Crippen molar-refractivity contribution in [1.29, 1.82) is 0 Å². The summed E-state index contributed by atoms with van der Waals surface area (Å²) in [6.45, 7) is 1.80. The maximum atomic E-state index is 14.5. The Hall–Kier alpha value is -2.64. The highest BCUT2D eigenvalue weighted by Crippen LogP contribution is 2.34. The van der Waals surface area contributed by atoms with Gasteiger partial charge in [-0.3, -0.25) is 4.98 Å². The molecule has 0 aromatic carbocycles. The lowest BCUT2D eigenvalue weighted by atomic mass is 10.0. The Balaban J connectivity index is 2.69. The molecule has 0 aliphatic heterocycles. The van der Waals surface area contributed by atoms with Gasteiger partial charge in [0.25, 0.3) is 0 Å². The van der Waals surface area contributed by atoms with Crippen LogP contribution >= 0.6 is 11.6 Å². The quantitative estimate of drug-likeness (QED) is 0.793. The topological polar surface area (TPSA) is 103 Å². The molecule has 1 aromatic heterocycles. The van der Waals surface area contributed by atoms with E-state index in [0.717, 1.165) is 6.08 Å². The van der Waals surface area contributed by atoms with Gasteiger partial charge in [0, 0.05) is 6.08 Å². The number of ether oxygens (including phenoxy) is 2. The van der Waals surface area contributed by atoms with E-state index in [4.69, 9.17) is 21.1 Å². The van der Waals surface area contributed by atoms with Crippen LogP contribution in [-0.2, 0) is 9.53 Å². The SMILES string of the molecule is CCOc1nc(=O)n(C2=CC(OC)=C(Cl)C(=C=O)C2F)c(=O)[nH]1. The maximum Gasteiger partial charge on any atom is 0.360 e. The number of allylic oxidation sites excluding steroid dienone is 4. The molecule has 0 amide bonds. The number of nitrogens with one attached hydrogen (secondary N) is 1. The third-order valence-electron chi connectivity index (χ3n) is 2.92. The molecular weight excluding hydrogens is 333 g/mol. The average Bonchev–Trinajstić information content (AvgIpc) is 2.49. The molecule has 0 spiro atoms. The van der Waals surface area contributed by atoms with E-state index in [2.05, 4.69) is 9.97 Å². The highest BCUT2D eigenvalue weighted by atomic mass is 35.5. The molecule has 8 nitrogen and oxygen atoms in total. The van der Waals surface area contributed by atoms with E-state index in [1.54, 1.807) is 6.92 Å². The first-order valence-corrected chi connectivity index (χ1v) is 6.73. The first kappa shape index (κ1) is 16.7. The van der Waals surface area contributed by atoms with Gasteiger partial charge in [0.2, 0.25) is 0 Å². The van der Waals surface area contributed by atoms with E-state index in [1.165, 1.54) is 13.1 Å². The predicted molar refractivity (Wildman–Crippen MR) is 78.6 cm³/mol. The van der Waals surface area contributed by atoms with Crippen LogP contribution in [-0.4, -0.2) is 40.4 Å². The highest BCUT2D eigenvalue weighted by molar-refractivity contribution is 6.33. The number of H-pyrrole nitrogens is 1. The molecule has 1 heterocycles. The number of nitrogens with zero attached hydrogens (tertiary/aromatic N) is 2. The van der Waals surface area contributed by atoms with Crippen molar-refractivity contribution in [3.8, 4) is 6.01 Å². The van der Waals surface area contributed by atoms with Gasteiger partial charge in [-0.15, -0.1) is 4.98 Å². The Morgan fingerprint density at radius 2 is 2.22 bits per heavy atom. The number of alkyl halides is 1. The van der Waals surface area contributed by atoms with E-state index in [-0.39, 0.29) is 23.4 Å². The van der Waals surface area contributed by atoms with Crippen LogP contribution in [0.25, 0.3) is 5.70 Å². The molecule has 0 radical (unpaired) electrons. The first-order chi connectivity index (χ1) is 10.9. The summed E-state index contributed by atoms with van der Waals surface area (Å²) in [5.74, 6) is 1.26. The summed E-state index contributed by atoms with van der Waals surface area (Å²) < 4.78 is 24.7. The van der Waals surface area contributed by atoms with Crippen LogP contribution in [0.4, 0.5) is 4.39 Å². The summed E-state index contributed by atoms with van der Waals surface area (Å²) in [7, 11) is 1.23. The lowest BCUT2D eigenvalue weighted by molar-refractivity contribution is 0.299. The van der Waals surface area contributed by atoms with Gasteiger partial charge >= 0.3 is 17.4 Å². The van der Waals surface area contributed by atoms with Gasteiger partial charge in [-0.2, -0.15) is 0 Å². The molecule has 0 saturated carbocycles. The summed E-state index contributed by atoms with van der Waals surface area (Å²) in [4.78, 5) is 40.6. The lowest BCUT2D eigenvalue weighted by Crippen LogP contribution is -2.39. The number of hydrogen-bond donors (Lipinski definition) is 1. The number of hydrogen-bond acceptors (Lipinski definition) is 6. The lowest BCUT2D eigenvalue weighted by Gasteiger charge is -2.20. The molecular formula is C13H11ClFN3O5. The molecule has 0 saturated heterocycles. The second-order valence-corrected chi connectivity index (χ2v) is 4.61. The van der Waals surface area contributed by atoms with Crippen molar-refractivity contribution in [2.45, 2.75) is 13.1 Å². The van der Waals surface area contributed by atoms with Crippen molar-refractivity contribution >= 4 is 23.2 Å². The van der Waals surface area contributed by atoms with Crippen LogP contribution in [0, 0.1) is 0 Å². The Labute approximate surface area is 133 Å². The fourth-order valence-electron chi connectivity index (χ4n) is 1.92. The number of halogens is 2. The third-order valence-corrected chi connectivity index (χ3v) is 3.31. The van der Waals surface area contributed by atoms with E-state index in [9.17, 15) is 18.8 Å². The summed E-state index contributed by atoms with van der Waals surface area (Å²) in [6, 6.07) is -0.294. The molecule has 1 aliphatic rings. The van der Waals surface area contributed by atoms with E-state index in [1.807, 2.05) is 0 Å². The minimum Gasteiger partial charge on any atom is -0.495 e. The minimum absolute atomic E-state index is 0.0888. The minimum atomic E-state index is -2.14. The normalized spacial score (nSPS) is 17.7. The molecule has 2 rings (SSSR count). The van der Waals surface area contributed by atoms with E-state index in [0.29, 0.717) is 4.57 Å². The average molecular weight is 344 g/mol. The predicted octanol–water partition coefficient (Wildman–Crippen LogP) is 0.378. The summed E-state index contributed by atoms with van der Waals surface area (Å²) in [5.41, 5.74) is -3.11. The van der Waals surface area contributed by atoms with Gasteiger partial charge < -0.3 is 9.47 Å². The van der Waals surface area contributed by atoms with Gasteiger partial charge in [-0.25, -0.2) is 23.3 Å². The molecule has 1 aromatic rings. The van der Waals surface area contributed by atoms with Crippen LogP contribution in [0.3, 0.4) is 0 Å². The molecule has 0 bridgehead atoms. The largest absolute Gasteiger partial charge is 0.495 e. The molecule has 1 aliphatic carbocycles. The summed E-state index contributed by atoms with van der Waals surface area (Å²) in [5, 5.41) is -0.290. The summed E-state index contributed by atoms with van der Waals surface area (Å²) >= 11 is 5.80. The van der Waals surface area contributed by atoms with Gasteiger partial charge in [-0.05, 0) is 6.92 Å². The number of carbonyl (C=O) groups excluding carboxylic acids is 1. The fraction of sp³-hybridized carbons (Fsp3) is 0.308. The van der Waals surface area contributed by atoms with Gasteiger partial charge in [0.1, 0.15) is 16.7 Å². The van der Waals surface area contributed by atoms with Crippen LogP contribution in [0.2, 0.25) is 0 Å². The summed E-state index contributed by atoms with van der Waals surface area (Å²) in [6.07, 6.45) is -1.11. The second-order valence-electron chi connectivity index (χ2n) is 4.23. The van der Waals surface area contributed by atoms with Crippen LogP contribution < -0.4 is 16.1 Å². The second kappa shape index (κ2) is 6.64. The monoisotopic (exact) mass is 343 g/mol. The number of methoxy groups -OCH3 is 1. The maximum absolute atomic E-state index is 14.5. The van der Waals surface area contributed by atoms with Gasteiger partial charge in [0.05, 0.1) is 25.0 Å². The molecule has 10 heteroatoms. The fourth-order valence-corrected chi connectivity index (χ4v) is 2.18. The number of rotatable bonds is 4. The zero-order valence-electron chi connectivity index (χ0n) is 12.1. The number of aromatic amines is 1. The van der Waals surface area contributed by atoms with Crippen LogP contribution in [0.5, 0.6) is 6.01 Å². The van der Waals surface area contributed by atoms with Crippen molar-refractivity contribution in [2.24, 2.45) is 0 Å². The zero-order valence-corrected chi connectivity index (χ0v) is 12.8. The van der Waals surface area contributed by atoms with Crippen LogP contribution in [0.15, 0.2) is 32.0 Å². The zero-order chi connectivity index (χ0) is 17.1. The Kier molecular flexibility index (Phi) is 4.83. The Bertz CT molecular complexity index is 832. The Morgan fingerprint density at radius 3 is 2.74 bits per heavy atom. The molecule has 0 fully saturated rings. The molecule has 23 heavy (non-hydrogen) atoms. The molecule has 1 N–H and O–H groups in total. The van der Waals surface area contributed by atoms with Crippen molar-refractivity contribution < 1.29 is 18.7 Å². The molecule has 122 valence electrons. The number of aromatic nitrogens is 3. The van der Waals surface area contributed by atoms with E-state index < -0.39 is 28.8 Å². The smallest absolute Gasteiger partial charge is 0.360 e. The third kappa shape index (κ3) is 2.96. The van der Waals surface area contributed by atoms with E-state index >= 15 is 0 Å². The molecule has 1 atom stereocenters.